The standard InChI is InChI=1S/C69H104O6/c1-4-7-10-13-16-19-22-25-28-31-34-37-40-43-46-49-52-55-58-61-67(70)73-64-66(75-69(72)63-60-57-54-51-48-45-42-39-36-33-30-27-24-21-18-15-12-9-6-3)65-74-68(71)62-59-56-53-50-47-44-41-38-35-32-29-26-23-20-17-14-11-8-5-2/h7-12,16-21,25-30,34,36-37,39,43,45-46,48,52,54-55,57,66H,4-6,13-15,22-24,31-33,35,38,40-42,44,47,49-51,53,56,58-65H2,1-3H3/b10-7-,11-8-,12-9-,19-16-,20-17-,21-18-,28-25-,29-26-,30-27-,37-34-,39-36-,46-43-,48-45-,55-52-,57-54-. The summed E-state index contributed by atoms with van der Waals surface area (Å²) >= 11 is 0. The topological polar surface area (TPSA) is 78.9 Å². The van der Waals surface area contributed by atoms with Crippen molar-refractivity contribution in [3.05, 3.63) is 182 Å². The van der Waals surface area contributed by atoms with Gasteiger partial charge in [0.25, 0.3) is 0 Å². The molecular weight excluding hydrogens is 925 g/mol. The Morgan fingerprint density at radius 1 is 0.267 bits per heavy atom. The average Bonchev–Trinajstić information content (AvgIpc) is 3.41. The van der Waals surface area contributed by atoms with Crippen LogP contribution in [-0.2, 0) is 28.6 Å². The molecule has 0 aromatic rings. The molecule has 0 aromatic heterocycles. The summed E-state index contributed by atoms with van der Waals surface area (Å²) in [5.74, 6) is -1.13. The molecule has 0 rings (SSSR count). The highest BCUT2D eigenvalue weighted by atomic mass is 16.6. The summed E-state index contributed by atoms with van der Waals surface area (Å²) in [6, 6.07) is 0. The smallest absolute Gasteiger partial charge is 0.306 e. The van der Waals surface area contributed by atoms with Crippen LogP contribution in [0.25, 0.3) is 0 Å². The summed E-state index contributed by atoms with van der Waals surface area (Å²) in [6.45, 7) is 6.15. The lowest BCUT2D eigenvalue weighted by molar-refractivity contribution is -0.166. The normalized spacial score (nSPS) is 13.5. The Bertz CT molecular complexity index is 1800. The molecule has 0 heterocycles. The van der Waals surface area contributed by atoms with Crippen LogP contribution < -0.4 is 0 Å². The zero-order chi connectivity index (χ0) is 54.3. The number of ether oxygens (including phenoxy) is 3. The molecule has 0 aromatic carbocycles. The fourth-order valence-corrected chi connectivity index (χ4v) is 7.15. The molecule has 0 N–H and O–H groups in total. The van der Waals surface area contributed by atoms with E-state index in [4.69, 9.17) is 14.2 Å². The van der Waals surface area contributed by atoms with E-state index in [-0.39, 0.29) is 38.0 Å². The Balaban J connectivity index is 4.65. The molecule has 0 bridgehead atoms. The van der Waals surface area contributed by atoms with Gasteiger partial charge in [-0.05, 0) is 128 Å². The van der Waals surface area contributed by atoms with Crippen molar-refractivity contribution in [2.24, 2.45) is 0 Å². The molecule has 0 aliphatic rings. The van der Waals surface area contributed by atoms with Crippen LogP contribution in [0.5, 0.6) is 0 Å². The molecular formula is C69H104O6. The molecule has 416 valence electrons. The lowest BCUT2D eigenvalue weighted by Crippen LogP contribution is -2.30. The van der Waals surface area contributed by atoms with Gasteiger partial charge in [-0.1, -0.05) is 248 Å². The number of hydrogen-bond acceptors (Lipinski definition) is 6. The Hall–Kier alpha value is -5.49. The minimum atomic E-state index is -0.863. The molecule has 6 nitrogen and oxygen atoms in total. The molecule has 0 saturated heterocycles. The summed E-state index contributed by atoms with van der Waals surface area (Å²) in [4.78, 5) is 38.2. The first-order chi connectivity index (χ1) is 37.0. The Kier molecular flexibility index (Phi) is 56.6. The van der Waals surface area contributed by atoms with E-state index in [1.54, 1.807) is 0 Å². The van der Waals surface area contributed by atoms with Gasteiger partial charge >= 0.3 is 17.9 Å². The maximum Gasteiger partial charge on any atom is 0.306 e. The van der Waals surface area contributed by atoms with E-state index in [1.807, 2.05) is 24.3 Å². The third kappa shape index (κ3) is 59.3. The van der Waals surface area contributed by atoms with Gasteiger partial charge in [-0.15, -0.1) is 0 Å². The number of esters is 3. The molecule has 0 spiro atoms. The van der Waals surface area contributed by atoms with E-state index >= 15 is 0 Å². The van der Waals surface area contributed by atoms with E-state index in [2.05, 4.69) is 179 Å². The Labute approximate surface area is 459 Å². The van der Waals surface area contributed by atoms with Gasteiger partial charge in [0.05, 0.1) is 0 Å². The maximum atomic E-state index is 12.8. The number of allylic oxidation sites excluding steroid dienone is 30. The van der Waals surface area contributed by atoms with E-state index in [0.29, 0.717) is 19.3 Å². The monoisotopic (exact) mass is 1030 g/mol. The molecule has 0 radical (unpaired) electrons. The predicted molar refractivity (Wildman–Crippen MR) is 324 cm³/mol. The molecule has 0 aliphatic carbocycles. The number of unbranched alkanes of at least 4 members (excludes halogenated alkanes) is 9. The van der Waals surface area contributed by atoms with Gasteiger partial charge in [0.15, 0.2) is 6.10 Å². The summed E-state index contributed by atoms with van der Waals surface area (Å²) in [6.07, 6.45) is 91.9. The second-order valence-corrected chi connectivity index (χ2v) is 18.4. The third-order valence-corrected chi connectivity index (χ3v) is 11.4. The maximum absolute atomic E-state index is 12.8. The molecule has 0 amide bonds. The molecule has 75 heavy (non-hydrogen) atoms. The van der Waals surface area contributed by atoms with Crippen LogP contribution in [0, 0.1) is 0 Å². The SMILES string of the molecule is CC/C=C\C/C=C\C/C=C\C/C=C\C/C=C\C/C=C\CCC(=O)OCC(COC(=O)CCCCCCCCCCC/C=C\C/C=C\C/C=C\CC)OC(=O)CC/C=C\C/C=C\C/C=C\C/C=C\C/C=C\C/C=C\CC. The third-order valence-electron chi connectivity index (χ3n) is 11.4. The van der Waals surface area contributed by atoms with Crippen molar-refractivity contribution >= 4 is 17.9 Å². The first-order valence-electron chi connectivity index (χ1n) is 29.3. The molecule has 0 fully saturated rings. The summed E-state index contributed by atoms with van der Waals surface area (Å²) < 4.78 is 16.7. The van der Waals surface area contributed by atoms with Crippen molar-refractivity contribution in [3.63, 3.8) is 0 Å². The Morgan fingerprint density at radius 2 is 0.507 bits per heavy atom. The van der Waals surface area contributed by atoms with Crippen molar-refractivity contribution in [1.82, 2.24) is 0 Å². The second-order valence-electron chi connectivity index (χ2n) is 18.4. The highest BCUT2D eigenvalue weighted by Crippen LogP contribution is 2.13. The van der Waals surface area contributed by atoms with Gasteiger partial charge in [-0.2, -0.15) is 0 Å². The van der Waals surface area contributed by atoms with Crippen molar-refractivity contribution in [2.45, 2.75) is 219 Å². The zero-order valence-corrected chi connectivity index (χ0v) is 47.5. The molecule has 0 saturated carbocycles. The van der Waals surface area contributed by atoms with Crippen molar-refractivity contribution in [1.29, 1.82) is 0 Å². The first-order valence-corrected chi connectivity index (χ1v) is 29.3. The molecule has 1 unspecified atom stereocenters. The number of hydrogen-bond donors (Lipinski definition) is 0. The van der Waals surface area contributed by atoms with Crippen LogP contribution in [0.3, 0.4) is 0 Å². The lowest BCUT2D eigenvalue weighted by atomic mass is 10.1. The fraction of sp³-hybridized carbons (Fsp3) is 0.522. The van der Waals surface area contributed by atoms with Crippen LogP contribution in [0.2, 0.25) is 0 Å². The Morgan fingerprint density at radius 3 is 0.827 bits per heavy atom. The van der Waals surface area contributed by atoms with E-state index < -0.39 is 12.1 Å². The summed E-state index contributed by atoms with van der Waals surface area (Å²) in [7, 11) is 0. The number of carbonyl (C=O) groups excluding carboxylic acids is 3. The van der Waals surface area contributed by atoms with Crippen molar-refractivity contribution in [2.75, 3.05) is 13.2 Å². The van der Waals surface area contributed by atoms with Crippen LogP contribution >= 0.6 is 0 Å². The van der Waals surface area contributed by atoms with E-state index in [0.717, 1.165) is 122 Å². The lowest BCUT2D eigenvalue weighted by Gasteiger charge is -2.18. The minimum absolute atomic E-state index is 0.144. The van der Waals surface area contributed by atoms with Crippen LogP contribution in [0.4, 0.5) is 0 Å². The van der Waals surface area contributed by atoms with Gasteiger partial charge in [0, 0.05) is 19.3 Å². The molecule has 1 atom stereocenters. The van der Waals surface area contributed by atoms with Crippen LogP contribution in [-0.4, -0.2) is 37.2 Å². The zero-order valence-electron chi connectivity index (χ0n) is 47.5. The highest BCUT2D eigenvalue weighted by molar-refractivity contribution is 5.71. The number of rotatable bonds is 50. The highest BCUT2D eigenvalue weighted by Gasteiger charge is 2.19. The van der Waals surface area contributed by atoms with Gasteiger partial charge in [0.1, 0.15) is 13.2 Å². The summed E-state index contributed by atoms with van der Waals surface area (Å²) in [5, 5.41) is 0. The quantitative estimate of drug-likeness (QED) is 0.0261. The largest absolute Gasteiger partial charge is 0.462 e. The number of carbonyl (C=O) groups is 3. The predicted octanol–water partition coefficient (Wildman–Crippen LogP) is 20.1. The van der Waals surface area contributed by atoms with Crippen molar-refractivity contribution < 1.29 is 28.6 Å². The first kappa shape index (κ1) is 69.5. The molecule has 0 aliphatic heterocycles. The van der Waals surface area contributed by atoms with Crippen LogP contribution in [0.15, 0.2) is 182 Å². The van der Waals surface area contributed by atoms with E-state index in [9.17, 15) is 14.4 Å². The van der Waals surface area contributed by atoms with Gasteiger partial charge in [-0.25, -0.2) is 0 Å². The average molecular weight is 1030 g/mol. The second kappa shape index (κ2) is 61.1. The van der Waals surface area contributed by atoms with Crippen molar-refractivity contribution in [3.8, 4) is 0 Å². The van der Waals surface area contributed by atoms with E-state index in [1.165, 1.54) is 38.5 Å². The van der Waals surface area contributed by atoms with Gasteiger partial charge in [-0.3, -0.25) is 14.4 Å². The van der Waals surface area contributed by atoms with Gasteiger partial charge in [0.2, 0.25) is 0 Å². The van der Waals surface area contributed by atoms with Crippen LogP contribution in [0.1, 0.15) is 213 Å². The van der Waals surface area contributed by atoms with Gasteiger partial charge < -0.3 is 14.2 Å². The molecule has 6 heteroatoms. The fourth-order valence-electron chi connectivity index (χ4n) is 7.15. The summed E-state index contributed by atoms with van der Waals surface area (Å²) in [5.41, 5.74) is 0. The minimum Gasteiger partial charge on any atom is -0.462 e.